The Bertz CT molecular complexity index is 711. The number of rotatable bonds is 3. The van der Waals surface area contributed by atoms with Gasteiger partial charge in [0.1, 0.15) is 0 Å². The predicted molar refractivity (Wildman–Crippen MR) is 105 cm³/mol. The van der Waals surface area contributed by atoms with E-state index < -0.39 is 0 Å². The number of likely N-dealkylation sites (tertiary alicyclic amines) is 2. The van der Waals surface area contributed by atoms with Gasteiger partial charge in [-0.15, -0.1) is 0 Å². The quantitative estimate of drug-likeness (QED) is 0.832. The molecule has 27 heavy (non-hydrogen) atoms. The van der Waals surface area contributed by atoms with E-state index in [-0.39, 0.29) is 23.3 Å². The summed E-state index contributed by atoms with van der Waals surface area (Å²) >= 11 is 0. The summed E-state index contributed by atoms with van der Waals surface area (Å²) in [5.41, 5.74) is 2.14. The van der Waals surface area contributed by atoms with E-state index in [4.69, 9.17) is 0 Å². The molecular weight excluding hydrogens is 338 g/mol. The van der Waals surface area contributed by atoms with Crippen LogP contribution in [-0.4, -0.2) is 58.1 Å². The van der Waals surface area contributed by atoms with Crippen molar-refractivity contribution in [3.8, 4) is 0 Å². The fourth-order valence-corrected chi connectivity index (χ4v) is 5.10. The van der Waals surface area contributed by atoms with Gasteiger partial charge in [-0.2, -0.15) is 0 Å². The maximum atomic E-state index is 12.9. The number of carbonyl (C=O) groups excluding carboxylic acids is 1. The highest BCUT2D eigenvalue weighted by Crippen LogP contribution is 2.40. The van der Waals surface area contributed by atoms with Crippen molar-refractivity contribution in [2.45, 2.75) is 51.7 Å². The molecule has 5 heteroatoms. The van der Waals surface area contributed by atoms with E-state index in [1.54, 1.807) is 0 Å². The average molecular weight is 370 g/mol. The normalized spacial score (nSPS) is 29.6. The van der Waals surface area contributed by atoms with Crippen LogP contribution in [0, 0.1) is 18.3 Å². The van der Waals surface area contributed by atoms with Crippen LogP contribution in [0.25, 0.3) is 0 Å². The number of pyridine rings is 1. The van der Waals surface area contributed by atoms with Crippen molar-refractivity contribution in [3.63, 3.8) is 0 Å². The van der Waals surface area contributed by atoms with Crippen molar-refractivity contribution < 1.29 is 9.90 Å². The molecule has 0 aromatic carbocycles. The highest BCUT2D eigenvalue weighted by atomic mass is 16.3. The van der Waals surface area contributed by atoms with E-state index in [1.165, 1.54) is 5.56 Å². The molecule has 0 saturated carbocycles. The number of piperidine rings is 2. The predicted octanol–water partition coefficient (Wildman–Crippen LogP) is 2.53. The lowest BCUT2D eigenvalue weighted by atomic mass is 9.71. The van der Waals surface area contributed by atoms with Gasteiger partial charge in [0.2, 0.25) is 5.91 Å². The van der Waals surface area contributed by atoms with Crippen LogP contribution in [0.3, 0.4) is 0 Å². The first kappa shape index (κ1) is 18.6. The fourth-order valence-electron chi connectivity index (χ4n) is 5.10. The van der Waals surface area contributed by atoms with E-state index in [1.807, 2.05) is 17.2 Å². The Balaban J connectivity index is 1.46. The Morgan fingerprint density at radius 1 is 1.30 bits per heavy atom. The van der Waals surface area contributed by atoms with Gasteiger partial charge in [0.15, 0.2) is 0 Å². The van der Waals surface area contributed by atoms with Gasteiger partial charge < -0.3 is 10.0 Å². The largest absolute Gasteiger partial charge is 0.392 e. The molecule has 1 aromatic rings. The lowest BCUT2D eigenvalue weighted by molar-refractivity contribution is -0.145. The van der Waals surface area contributed by atoms with Crippen molar-refractivity contribution in [2.75, 3.05) is 26.2 Å². The van der Waals surface area contributed by atoms with E-state index in [0.717, 1.165) is 64.0 Å². The lowest BCUT2D eigenvalue weighted by Gasteiger charge is -2.51. The first-order valence-electron chi connectivity index (χ1n) is 10.3. The number of carbonyl (C=O) groups is 1. The maximum absolute atomic E-state index is 12.9. The molecule has 1 N–H and O–H groups in total. The Morgan fingerprint density at radius 3 is 2.89 bits per heavy atom. The van der Waals surface area contributed by atoms with Crippen LogP contribution in [0.15, 0.2) is 30.5 Å². The number of aliphatic hydroxyl groups excluding tert-OH is 1. The number of hydrogen-bond donors (Lipinski definition) is 1. The van der Waals surface area contributed by atoms with Crippen LogP contribution in [0.4, 0.5) is 0 Å². The molecular formula is C22H31N3O2. The minimum Gasteiger partial charge on any atom is -0.392 e. The minimum atomic E-state index is -0.323. The Kier molecular flexibility index (Phi) is 5.33. The van der Waals surface area contributed by atoms with Crippen LogP contribution >= 0.6 is 0 Å². The van der Waals surface area contributed by atoms with Crippen LogP contribution in [0.1, 0.15) is 43.4 Å². The maximum Gasteiger partial charge on any atom is 0.226 e. The van der Waals surface area contributed by atoms with Gasteiger partial charge >= 0.3 is 0 Å². The number of amides is 1. The van der Waals surface area contributed by atoms with Gasteiger partial charge in [0, 0.05) is 50.3 Å². The first-order valence-corrected chi connectivity index (χ1v) is 10.3. The summed E-state index contributed by atoms with van der Waals surface area (Å²) in [4.78, 5) is 21.9. The molecule has 1 aliphatic carbocycles. The Hall–Kier alpha value is -1.72. The van der Waals surface area contributed by atoms with Gasteiger partial charge in [0.05, 0.1) is 11.8 Å². The second kappa shape index (κ2) is 7.72. The van der Waals surface area contributed by atoms with Gasteiger partial charge in [-0.3, -0.25) is 14.7 Å². The number of allylic oxidation sites excluding steroid dienone is 2. The molecule has 0 radical (unpaired) electrons. The highest BCUT2D eigenvalue weighted by Gasteiger charge is 2.46. The second-order valence-electron chi connectivity index (χ2n) is 8.65. The molecule has 2 aliphatic heterocycles. The van der Waals surface area contributed by atoms with Crippen molar-refractivity contribution in [1.82, 2.24) is 14.8 Å². The fraction of sp³-hybridized carbons (Fsp3) is 0.636. The van der Waals surface area contributed by atoms with Gasteiger partial charge in [-0.1, -0.05) is 18.2 Å². The first-order chi connectivity index (χ1) is 13.1. The van der Waals surface area contributed by atoms with Gasteiger partial charge in [-0.05, 0) is 50.7 Å². The number of hydrogen-bond acceptors (Lipinski definition) is 4. The minimum absolute atomic E-state index is 0.119. The molecule has 146 valence electrons. The summed E-state index contributed by atoms with van der Waals surface area (Å²) < 4.78 is 0. The molecule has 0 bridgehead atoms. The molecule has 4 rings (SSSR count). The average Bonchev–Trinajstić information content (AvgIpc) is 3.21. The van der Waals surface area contributed by atoms with E-state index in [2.05, 4.69) is 35.0 Å². The molecule has 3 aliphatic rings. The summed E-state index contributed by atoms with van der Waals surface area (Å²) in [5, 5.41) is 10.9. The third kappa shape index (κ3) is 3.81. The summed E-state index contributed by atoms with van der Waals surface area (Å²) in [6, 6.07) is 4.08. The zero-order valence-corrected chi connectivity index (χ0v) is 16.3. The third-order valence-electron chi connectivity index (χ3n) is 6.73. The van der Waals surface area contributed by atoms with Crippen LogP contribution in [0.2, 0.25) is 0 Å². The molecule has 1 amide bonds. The summed E-state index contributed by atoms with van der Waals surface area (Å²) in [7, 11) is 0. The Labute approximate surface area is 162 Å². The van der Waals surface area contributed by atoms with Crippen LogP contribution in [0.5, 0.6) is 0 Å². The van der Waals surface area contributed by atoms with E-state index in [0.29, 0.717) is 6.54 Å². The van der Waals surface area contributed by atoms with Gasteiger partial charge in [0.25, 0.3) is 0 Å². The Morgan fingerprint density at radius 2 is 2.11 bits per heavy atom. The smallest absolute Gasteiger partial charge is 0.226 e. The molecule has 5 nitrogen and oxygen atoms in total. The van der Waals surface area contributed by atoms with Crippen molar-refractivity contribution in [1.29, 1.82) is 0 Å². The molecule has 1 aromatic heterocycles. The summed E-state index contributed by atoms with van der Waals surface area (Å²) in [6.45, 7) is 6.19. The monoisotopic (exact) mass is 369 g/mol. The van der Waals surface area contributed by atoms with Crippen molar-refractivity contribution in [3.05, 3.63) is 41.7 Å². The summed E-state index contributed by atoms with van der Waals surface area (Å²) in [6.07, 6.45) is 10.3. The topological polar surface area (TPSA) is 56.7 Å². The lowest BCUT2D eigenvalue weighted by Crippen LogP contribution is -2.60. The summed E-state index contributed by atoms with van der Waals surface area (Å²) in [5.74, 6) is 0.400. The molecule has 2 atom stereocenters. The zero-order chi connectivity index (χ0) is 18.9. The molecule has 0 unspecified atom stereocenters. The van der Waals surface area contributed by atoms with Crippen LogP contribution < -0.4 is 0 Å². The van der Waals surface area contributed by atoms with Gasteiger partial charge in [-0.25, -0.2) is 0 Å². The van der Waals surface area contributed by atoms with E-state index >= 15 is 0 Å². The van der Waals surface area contributed by atoms with Crippen molar-refractivity contribution in [2.24, 2.45) is 11.3 Å². The van der Waals surface area contributed by atoms with Crippen molar-refractivity contribution >= 4 is 5.91 Å². The number of aliphatic hydroxyl groups is 1. The standard InChI is InChI=1S/C22H31N3O2/c1-17-6-4-11-23-19(17)14-24-13-9-20(26)22(15-24)10-5-12-25(16-22)21(27)18-7-2-3-8-18/h2-4,6,11,18,20,26H,5,7-10,12-16H2,1H3/t20-,22-/m1/s1. The second-order valence-corrected chi connectivity index (χ2v) is 8.65. The number of aromatic nitrogens is 1. The number of aryl methyl sites for hydroxylation is 1. The molecule has 3 heterocycles. The van der Waals surface area contributed by atoms with E-state index in [9.17, 15) is 9.90 Å². The third-order valence-corrected chi connectivity index (χ3v) is 6.73. The molecule has 1 spiro atoms. The number of nitrogens with zero attached hydrogens (tertiary/aromatic N) is 3. The SMILES string of the molecule is Cc1cccnc1CN1CC[C@@H](O)[C@]2(CCCN(C(=O)C3CC=CC3)C2)C1. The van der Waals surface area contributed by atoms with Crippen LogP contribution in [-0.2, 0) is 11.3 Å². The highest BCUT2D eigenvalue weighted by molar-refractivity contribution is 5.79. The molecule has 2 fully saturated rings. The molecule has 2 saturated heterocycles. The zero-order valence-electron chi connectivity index (χ0n) is 16.3.